The van der Waals surface area contributed by atoms with Crippen LogP contribution in [0.5, 0.6) is 0 Å². The van der Waals surface area contributed by atoms with Crippen molar-refractivity contribution in [1.29, 1.82) is 0 Å². The van der Waals surface area contributed by atoms with Gasteiger partial charge in [-0.15, -0.1) is 0 Å². The average molecular weight is 295 g/mol. The minimum atomic E-state index is -3.84. The maximum Gasteiger partial charge on any atom is 0.216 e. The molecule has 0 radical (unpaired) electrons. The van der Waals surface area contributed by atoms with Crippen LogP contribution >= 0.6 is 7.14 Å². The van der Waals surface area contributed by atoms with Gasteiger partial charge in [0.15, 0.2) is 7.14 Å². The van der Waals surface area contributed by atoms with Crippen LogP contribution in [-0.2, 0) is 14.6 Å². The summed E-state index contributed by atoms with van der Waals surface area (Å²) < 4.78 is 36.0. The van der Waals surface area contributed by atoms with E-state index in [0.717, 1.165) is 0 Å². The van der Waals surface area contributed by atoms with Crippen LogP contribution in [0.25, 0.3) is 0 Å². The van der Waals surface area contributed by atoms with Crippen LogP contribution in [0.2, 0.25) is 0 Å². The molecule has 2 aromatic rings. The summed E-state index contributed by atoms with van der Waals surface area (Å²) in [4.78, 5) is 0. The van der Waals surface area contributed by atoms with Crippen LogP contribution in [0.3, 0.4) is 0 Å². The van der Waals surface area contributed by atoms with Gasteiger partial charge in [-0.2, -0.15) is 0 Å². The van der Waals surface area contributed by atoms with Crippen molar-refractivity contribution < 1.29 is 13.0 Å². The summed E-state index contributed by atoms with van der Waals surface area (Å²) in [7, 11) is -7.10. The van der Waals surface area contributed by atoms with Crippen molar-refractivity contribution >= 4 is 27.8 Å². The Hall–Kier alpha value is -1.42. The van der Waals surface area contributed by atoms with Crippen molar-refractivity contribution in [3.05, 3.63) is 60.7 Å². The third-order valence-corrected chi connectivity index (χ3v) is 7.87. The number of hydrogen-bond donors (Lipinski definition) is 1. The second-order valence-electron chi connectivity index (χ2n) is 4.20. The summed E-state index contributed by atoms with van der Waals surface area (Å²) >= 11 is 0. The molecule has 100 valence electrons. The zero-order valence-corrected chi connectivity index (χ0v) is 11.8. The highest BCUT2D eigenvalue weighted by Gasteiger charge is 2.31. The highest BCUT2D eigenvalue weighted by Crippen LogP contribution is 2.43. The topological polar surface area (TPSA) is 77.2 Å². The maximum absolute atomic E-state index is 13.2. The van der Waals surface area contributed by atoms with Gasteiger partial charge in [0, 0.05) is 10.6 Å². The van der Waals surface area contributed by atoms with Gasteiger partial charge < -0.3 is 4.57 Å². The lowest BCUT2D eigenvalue weighted by Crippen LogP contribution is -2.26. The van der Waals surface area contributed by atoms with Crippen molar-refractivity contribution in [3.8, 4) is 0 Å². The molecule has 0 aliphatic rings. The van der Waals surface area contributed by atoms with Crippen LogP contribution in [0.15, 0.2) is 60.7 Å². The first-order valence-electron chi connectivity index (χ1n) is 5.63. The molecular weight excluding hydrogens is 281 g/mol. The van der Waals surface area contributed by atoms with Gasteiger partial charge in [-0.1, -0.05) is 60.7 Å². The van der Waals surface area contributed by atoms with Crippen molar-refractivity contribution in [3.63, 3.8) is 0 Å². The Balaban J connectivity index is 2.61. The number of rotatable bonds is 4. The predicted molar refractivity (Wildman–Crippen MR) is 77.7 cm³/mol. The molecule has 0 amide bonds. The minimum Gasteiger partial charge on any atom is -0.313 e. The third kappa shape index (κ3) is 3.32. The lowest BCUT2D eigenvalue weighted by atomic mass is 10.4. The Morgan fingerprint density at radius 3 is 1.53 bits per heavy atom. The summed E-state index contributed by atoms with van der Waals surface area (Å²) in [5, 5.41) is 6.09. The molecule has 0 aromatic heterocycles. The molecule has 0 aliphatic carbocycles. The molecule has 4 nitrogen and oxygen atoms in total. The second kappa shape index (κ2) is 5.29. The molecule has 0 fully saturated rings. The van der Waals surface area contributed by atoms with Gasteiger partial charge in [0.1, 0.15) is 5.49 Å². The highest BCUT2D eigenvalue weighted by atomic mass is 32.2. The van der Waals surface area contributed by atoms with Gasteiger partial charge in [-0.3, -0.25) is 0 Å². The van der Waals surface area contributed by atoms with E-state index in [9.17, 15) is 13.0 Å². The van der Waals surface area contributed by atoms with E-state index in [1.165, 1.54) is 0 Å². The monoisotopic (exact) mass is 295 g/mol. The zero-order chi connectivity index (χ0) is 13.9. The maximum atomic E-state index is 13.2. The van der Waals surface area contributed by atoms with Gasteiger partial charge in [0.25, 0.3) is 0 Å². The Labute approximate surface area is 112 Å². The van der Waals surface area contributed by atoms with E-state index in [4.69, 9.17) is 5.14 Å². The first kappa shape index (κ1) is 14.0. The average Bonchev–Trinajstić information content (AvgIpc) is 2.39. The fourth-order valence-electron chi connectivity index (χ4n) is 1.89. The summed E-state index contributed by atoms with van der Waals surface area (Å²) in [6, 6.07) is 17.2. The SMILES string of the molecule is NS(=O)(=O)CP(=O)(c1ccccc1)c1ccccc1. The normalized spacial score (nSPS) is 12.3. The van der Waals surface area contributed by atoms with Crippen LogP contribution < -0.4 is 15.7 Å². The van der Waals surface area contributed by atoms with Gasteiger partial charge in [0.05, 0.1) is 0 Å². The molecule has 0 saturated carbocycles. The molecule has 2 rings (SSSR count). The summed E-state index contributed by atoms with van der Waals surface area (Å²) in [6.45, 7) is 0. The van der Waals surface area contributed by atoms with E-state index in [2.05, 4.69) is 0 Å². The number of primary sulfonamides is 1. The van der Waals surface area contributed by atoms with Crippen molar-refractivity contribution in [2.75, 3.05) is 5.49 Å². The van der Waals surface area contributed by atoms with Crippen molar-refractivity contribution in [2.24, 2.45) is 5.14 Å². The molecule has 0 spiro atoms. The van der Waals surface area contributed by atoms with Crippen LogP contribution in [0.1, 0.15) is 0 Å². The Bertz CT molecular complexity index is 656. The molecule has 2 aromatic carbocycles. The van der Waals surface area contributed by atoms with Crippen LogP contribution in [-0.4, -0.2) is 13.9 Å². The third-order valence-electron chi connectivity index (χ3n) is 2.71. The van der Waals surface area contributed by atoms with Gasteiger partial charge in [-0.25, -0.2) is 13.6 Å². The Morgan fingerprint density at radius 2 is 1.21 bits per heavy atom. The van der Waals surface area contributed by atoms with Crippen molar-refractivity contribution in [1.82, 2.24) is 0 Å². The summed E-state index contributed by atoms with van der Waals surface area (Å²) in [5.41, 5.74) is -0.561. The smallest absolute Gasteiger partial charge is 0.216 e. The first-order chi connectivity index (χ1) is 8.92. The Kier molecular flexibility index (Phi) is 3.90. The lowest BCUT2D eigenvalue weighted by Gasteiger charge is -2.17. The van der Waals surface area contributed by atoms with Gasteiger partial charge in [-0.05, 0) is 0 Å². The van der Waals surface area contributed by atoms with Crippen molar-refractivity contribution in [2.45, 2.75) is 0 Å². The fourth-order valence-corrected chi connectivity index (χ4v) is 6.71. The van der Waals surface area contributed by atoms with E-state index in [1.54, 1.807) is 60.7 Å². The molecule has 0 atom stereocenters. The minimum absolute atomic E-state index is 0.496. The number of nitrogens with two attached hydrogens (primary N) is 1. The van der Waals surface area contributed by atoms with Gasteiger partial charge in [0.2, 0.25) is 10.0 Å². The zero-order valence-electron chi connectivity index (χ0n) is 10.1. The number of hydrogen-bond acceptors (Lipinski definition) is 3. The molecule has 0 unspecified atom stereocenters. The van der Waals surface area contributed by atoms with Crippen LogP contribution in [0, 0.1) is 0 Å². The molecule has 2 N–H and O–H groups in total. The van der Waals surface area contributed by atoms with E-state index in [0.29, 0.717) is 10.6 Å². The first-order valence-corrected chi connectivity index (χ1v) is 9.23. The largest absolute Gasteiger partial charge is 0.313 e. The van der Waals surface area contributed by atoms with Gasteiger partial charge >= 0.3 is 0 Å². The quantitative estimate of drug-likeness (QED) is 0.862. The second-order valence-corrected chi connectivity index (χ2v) is 9.07. The molecule has 0 heterocycles. The van der Waals surface area contributed by atoms with E-state index >= 15 is 0 Å². The fraction of sp³-hybridized carbons (Fsp3) is 0.0769. The summed E-state index contributed by atoms with van der Waals surface area (Å²) in [5.74, 6) is 0. The van der Waals surface area contributed by atoms with E-state index in [-0.39, 0.29) is 0 Å². The molecule has 0 bridgehead atoms. The molecular formula is C13H14NO3PS. The molecule has 6 heteroatoms. The highest BCUT2D eigenvalue weighted by molar-refractivity contribution is 8.00. The Morgan fingerprint density at radius 1 is 0.842 bits per heavy atom. The molecule has 0 aliphatic heterocycles. The number of sulfonamides is 1. The van der Waals surface area contributed by atoms with E-state index in [1.807, 2.05) is 0 Å². The predicted octanol–water partition coefficient (Wildman–Crippen LogP) is 1.25. The van der Waals surface area contributed by atoms with E-state index < -0.39 is 22.7 Å². The molecule has 0 saturated heterocycles. The standard InChI is InChI=1S/C13H14NO3PS/c14-19(16,17)11-18(15,12-7-3-1-4-8-12)13-9-5-2-6-10-13/h1-10H,11H2,(H2,14,16,17). The summed E-state index contributed by atoms with van der Waals surface area (Å²) in [6.07, 6.45) is 0. The van der Waals surface area contributed by atoms with Crippen LogP contribution in [0.4, 0.5) is 0 Å². The lowest BCUT2D eigenvalue weighted by molar-refractivity contribution is 0.585. The molecule has 19 heavy (non-hydrogen) atoms. The number of benzene rings is 2.